The standard InChI is InChI=1S/C8H4BrF4NO2/c9-3-4-1-5(14(15)16)2-6(10)7(4)8(11,12)13/h1-2H,3H2. The van der Waals surface area contributed by atoms with Crippen molar-refractivity contribution in [1.82, 2.24) is 0 Å². The Morgan fingerprint density at radius 2 is 1.94 bits per heavy atom. The lowest BCUT2D eigenvalue weighted by Gasteiger charge is -2.11. The molecule has 0 spiro atoms. The molecule has 0 radical (unpaired) electrons. The van der Waals surface area contributed by atoms with Crippen molar-refractivity contribution in [3.05, 3.63) is 39.2 Å². The minimum atomic E-state index is -4.87. The zero-order chi connectivity index (χ0) is 12.5. The summed E-state index contributed by atoms with van der Waals surface area (Å²) in [6.07, 6.45) is -4.87. The van der Waals surface area contributed by atoms with Gasteiger partial charge in [0.15, 0.2) is 0 Å². The van der Waals surface area contributed by atoms with Gasteiger partial charge < -0.3 is 0 Å². The van der Waals surface area contributed by atoms with Gasteiger partial charge in [-0.25, -0.2) is 4.39 Å². The molecule has 1 rings (SSSR count). The number of nitro groups is 1. The number of hydrogen-bond acceptors (Lipinski definition) is 2. The van der Waals surface area contributed by atoms with Crippen LogP contribution in [0.2, 0.25) is 0 Å². The Bertz CT molecular complexity index is 433. The third-order valence-corrected chi connectivity index (χ3v) is 2.40. The summed E-state index contributed by atoms with van der Waals surface area (Å²) in [5.74, 6) is -1.64. The average Bonchev–Trinajstić information content (AvgIpc) is 2.14. The van der Waals surface area contributed by atoms with E-state index in [4.69, 9.17) is 0 Å². The molecule has 0 amide bonds. The van der Waals surface area contributed by atoms with Gasteiger partial charge in [-0.3, -0.25) is 10.1 Å². The highest BCUT2D eigenvalue weighted by molar-refractivity contribution is 9.08. The summed E-state index contributed by atoms with van der Waals surface area (Å²) in [4.78, 5) is 9.38. The Kier molecular flexibility index (Phi) is 3.51. The van der Waals surface area contributed by atoms with Crippen molar-refractivity contribution in [3.8, 4) is 0 Å². The van der Waals surface area contributed by atoms with E-state index in [1.54, 1.807) is 0 Å². The molecule has 3 nitrogen and oxygen atoms in total. The first-order valence-electron chi connectivity index (χ1n) is 3.87. The fourth-order valence-corrected chi connectivity index (χ4v) is 1.62. The van der Waals surface area contributed by atoms with Gasteiger partial charge in [-0.15, -0.1) is 0 Å². The van der Waals surface area contributed by atoms with E-state index in [1.165, 1.54) is 0 Å². The highest BCUT2D eigenvalue weighted by Crippen LogP contribution is 2.36. The van der Waals surface area contributed by atoms with Crippen LogP contribution in [-0.2, 0) is 11.5 Å². The maximum absolute atomic E-state index is 13.1. The van der Waals surface area contributed by atoms with Gasteiger partial charge in [0, 0.05) is 11.4 Å². The topological polar surface area (TPSA) is 43.1 Å². The molecule has 0 saturated carbocycles. The summed E-state index contributed by atoms with van der Waals surface area (Å²) >= 11 is 2.73. The number of nitrogens with zero attached hydrogens (tertiary/aromatic N) is 1. The van der Waals surface area contributed by atoms with Crippen molar-refractivity contribution >= 4 is 21.6 Å². The normalized spacial score (nSPS) is 11.6. The van der Waals surface area contributed by atoms with Crippen molar-refractivity contribution in [2.45, 2.75) is 11.5 Å². The molecule has 8 heteroatoms. The molecular formula is C8H4BrF4NO2. The van der Waals surface area contributed by atoms with E-state index in [9.17, 15) is 27.7 Å². The molecule has 88 valence electrons. The molecule has 1 aromatic carbocycles. The fraction of sp³-hybridized carbons (Fsp3) is 0.250. The first kappa shape index (κ1) is 12.9. The van der Waals surface area contributed by atoms with E-state index in [0.717, 1.165) is 0 Å². The third-order valence-electron chi connectivity index (χ3n) is 1.79. The molecule has 0 bridgehead atoms. The van der Waals surface area contributed by atoms with E-state index in [2.05, 4.69) is 15.9 Å². The lowest BCUT2D eigenvalue weighted by atomic mass is 10.1. The molecule has 0 aliphatic carbocycles. The van der Waals surface area contributed by atoms with Crippen LogP contribution < -0.4 is 0 Å². The SMILES string of the molecule is O=[N+]([O-])c1cc(F)c(C(F)(F)F)c(CBr)c1. The highest BCUT2D eigenvalue weighted by Gasteiger charge is 2.37. The van der Waals surface area contributed by atoms with Gasteiger partial charge in [0.1, 0.15) is 5.82 Å². The Morgan fingerprint density at radius 3 is 2.31 bits per heavy atom. The van der Waals surface area contributed by atoms with Crippen LogP contribution in [0.4, 0.5) is 23.2 Å². The Balaban J connectivity index is 3.46. The third kappa shape index (κ3) is 2.49. The monoisotopic (exact) mass is 301 g/mol. The van der Waals surface area contributed by atoms with Gasteiger partial charge >= 0.3 is 6.18 Å². The molecule has 0 aliphatic rings. The van der Waals surface area contributed by atoms with Crippen LogP contribution in [-0.4, -0.2) is 4.92 Å². The summed E-state index contributed by atoms with van der Waals surface area (Å²) in [6, 6.07) is 0.954. The molecule has 0 aromatic heterocycles. The molecule has 0 atom stereocenters. The van der Waals surface area contributed by atoms with Crippen LogP contribution in [0, 0.1) is 15.9 Å². The Morgan fingerprint density at radius 1 is 1.38 bits per heavy atom. The quantitative estimate of drug-likeness (QED) is 0.362. The fourth-order valence-electron chi connectivity index (χ4n) is 1.18. The molecule has 0 fully saturated rings. The lowest BCUT2D eigenvalue weighted by molar-refractivity contribution is -0.385. The molecule has 1 aromatic rings. The molecule has 0 aliphatic heterocycles. The largest absolute Gasteiger partial charge is 0.419 e. The maximum Gasteiger partial charge on any atom is 0.419 e. The van der Waals surface area contributed by atoms with Crippen LogP contribution in [0.5, 0.6) is 0 Å². The van der Waals surface area contributed by atoms with Crippen LogP contribution in [0.3, 0.4) is 0 Å². The number of rotatable bonds is 2. The second kappa shape index (κ2) is 4.36. The van der Waals surface area contributed by atoms with Crippen molar-refractivity contribution in [2.75, 3.05) is 0 Å². The second-order valence-corrected chi connectivity index (χ2v) is 3.41. The minimum absolute atomic E-state index is 0.259. The zero-order valence-corrected chi connectivity index (χ0v) is 9.10. The van der Waals surface area contributed by atoms with Gasteiger partial charge in [0.05, 0.1) is 16.6 Å². The number of halogens is 5. The zero-order valence-electron chi connectivity index (χ0n) is 7.52. The molecule has 16 heavy (non-hydrogen) atoms. The molecule has 0 heterocycles. The molecule has 0 saturated heterocycles. The summed E-state index contributed by atoms with van der Waals surface area (Å²) < 4.78 is 50.3. The predicted octanol–water partition coefficient (Wildman–Crippen LogP) is 3.65. The van der Waals surface area contributed by atoms with Gasteiger partial charge in [-0.2, -0.15) is 13.2 Å². The smallest absolute Gasteiger partial charge is 0.258 e. The van der Waals surface area contributed by atoms with Crippen molar-refractivity contribution in [3.63, 3.8) is 0 Å². The number of non-ortho nitro benzene ring substituents is 1. The predicted molar refractivity (Wildman–Crippen MR) is 50.7 cm³/mol. The Hall–Kier alpha value is -1.18. The molecular weight excluding hydrogens is 298 g/mol. The van der Waals surface area contributed by atoms with Crippen LogP contribution >= 0.6 is 15.9 Å². The van der Waals surface area contributed by atoms with Gasteiger partial charge in [-0.05, 0) is 5.56 Å². The summed E-state index contributed by atoms with van der Waals surface area (Å²) in [7, 11) is 0. The number of hydrogen-bond donors (Lipinski definition) is 0. The van der Waals surface area contributed by atoms with Crippen LogP contribution in [0.15, 0.2) is 12.1 Å². The van der Waals surface area contributed by atoms with Crippen molar-refractivity contribution in [1.29, 1.82) is 0 Å². The van der Waals surface area contributed by atoms with Gasteiger partial charge in [0.25, 0.3) is 5.69 Å². The van der Waals surface area contributed by atoms with E-state index in [0.29, 0.717) is 6.07 Å². The first-order valence-corrected chi connectivity index (χ1v) is 4.99. The average molecular weight is 302 g/mol. The summed E-state index contributed by atoms with van der Waals surface area (Å²) in [5.41, 5.74) is -2.69. The van der Waals surface area contributed by atoms with E-state index >= 15 is 0 Å². The minimum Gasteiger partial charge on any atom is -0.258 e. The summed E-state index contributed by atoms with van der Waals surface area (Å²) in [5, 5.41) is 10.0. The molecule has 0 N–H and O–H groups in total. The number of nitro benzene ring substituents is 1. The van der Waals surface area contributed by atoms with E-state index in [-0.39, 0.29) is 11.4 Å². The number of alkyl halides is 4. The van der Waals surface area contributed by atoms with E-state index in [1.807, 2.05) is 0 Å². The number of benzene rings is 1. The van der Waals surface area contributed by atoms with Crippen molar-refractivity contribution in [2.24, 2.45) is 0 Å². The summed E-state index contributed by atoms with van der Waals surface area (Å²) in [6.45, 7) is 0. The maximum atomic E-state index is 13.1. The molecule has 0 unspecified atom stereocenters. The Labute approximate surface area is 95.3 Å². The van der Waals surface area contributed by atoms with Gasteiger partial charge in [0.2, 0.25) is 0 Å². The first-order chi connectivity index (χ1) is 7.27. The van der Waals surface area contributed by atoms with Gasteiger partial charge in [-0.1, -0.05) is 15.9 Å². The van der Waals surface area contributed by atoms with Crippen LogP contribution in [0.1, 0.15) is 11.1 Å². The second-order valence-electron chi connectivity index (χ2n) is 2.85. The van der Waals surface area contributed by atoms with Crippen LogP contribution in [0.25, 0.3) is 0 Å². The van der Waals surface area contributed by atoms with Crippen molar-refractivity contribution < 1.29 is 22.5 Å². The van der Waals surface area contributed by atoms with E-state index < -0.39 is 33.7 Å². The highest BCUT2D eigenvalue weighted by atomic mass is 79.9. The lowest BCUT2D eigenvalue weighted by Crippen LogP contribution is -2.12.